The summed E-state index contributed by atoms with van der Waals surface area (Å²) in [4.78, 5) is 0. The Morgan fingerprint density at radius 2 is 2.55 bits per heavy atom. The Morgan fingerprint density at radius 1 is 1.64 bits per heavy atom. The van der Waals surface area contributed by atoms with Crippen LogP contribution >= 0.6 is 0 Å². The molecule has 1 aliphatic rings. The van der Waals surface area contributed by atoms with Crippen molar-refractivity contribution in [1.29, 1.82) is 5.26 Å². The number of nitriles is 1. The van der Waals surface area contributed by atoms with Crippen LogP contribution in [0.1, 0.15) is 12.8 Å². The fourth-order valence-corrected chi connectivity index (χ4v) is 0.755. The first-order valence-electron chi connectivity index (χ1n) is 3.53. The Labute approximate surface area is 65.8 Å². The summed E-state index contributed by atoms with van der Waals surface area (Å²) in [5, 5.41) is 14.0. The van der Waals surface area contributed by atoms with Crippen LogP contribution in [0.4, 0.5) is 0 Å². The average molecular weight is 150 g/mol. The molecule has 11 heavy (non-hydrogen) atoms. The van der Waals surface area contributed by atoms with Gasteiger partial charge in [-0.25, -0.2) is 5.12 Å². The number of nitrogens with one attached hydrogen (secondary N) is 1. The summed E-state index contributed by atoms with van der Waals surface area (Å²) in [6, 6.07) is 2.08. The second kappa shape index (κ2) is 4.34. The zero-order chi connectivity index (χ0) is 7.94. The van der Waals surface area contributed by atoms with Gasteiger partial charge in [0.15, 0.2) is 0 Å². The van der Waals surface area contributed by atoms with E-state index in [-0.39, 0.29) is 0 Å². The Bertz CT molecular complexity index is 201. The first-order chi connectivity index (χ1) is 5.43. The number of hydrogen-bond acceptors (Lipinski definition) is 4. The fourth-order valence-electron chi connectivity index (χ4n) is 0.755. The van der Waals surface area contributed by atoms with Gasteiger partial charge in [0.2, 0.25) is 0 Å². The van der Waals surface area contributed by atoms with Crippen LogP contribution in [-0.4, -0.2) is 17.9 Å². The topological polar surface area (TPSA) is 51.4 Å². The Balaban J connectivity index is 2.13. The summed E-state index contributed by atoms with van der Waals surface area (Å²) in [6.07, 6.45) is 6.76. The standard InChI is InChI=1S/C7H10N4/c8-4-1-2-7-11-9-5-3-6-10-11/h3,5-6,9H,1-2,7H2. The smallest absolute Gasteiger partial charge is 0.0622 e. The highest BCUT2D eigenvalue weighted by molar-refractivity contribution is 5.71. The predicted octanol–water partition coefficient (Wildman–Crippen LogP) is 0.610. The van der Waals surface area contributed by atoms with E-state index in [0.29, 0.717) is 6.42 Å². The number of allylic oxidation sites excluding steroid dienone is 1. The molecule has 1 N–H and O–H groups in total. The fraction of sp³-hybridized carbons (Fsp3) is 0.429. The van der Waals surface area contributed by atoms with Crippen LogP contribution in [0, 0.1) is 11.3 Å². The highest BCUT2D eigenvalue weighted by Gasteiger charge is 1.97. The second-order valence-electron chi connectivity index (χ2n) is 2.14. The summed E-state index contributed by atoms with van der Waals surface area (Å²) in [5.41, 5.74) is 2.92. The van der Waals surface area contributed by atoms with Gasteiger partial charge in [-0.2, -0.15) is 10.4 Å². The van der Waals surface area contributed by atoms with Gasteiger partial charge in [0.05, 0.1) is 18.8 Å². The lowest BCUT2D eigenvalue weighted by atomic mass is 10.3. The molecule has 0 unspecified atom stereocenters. The monoisotopic (exact) mass is 150 g/mol. The van der Waals surface area contributed by atoms with Gasteiger partial charge in [0, 0.05) is 12.6 Å². The maximum atomic E-state index is 8.25. The minimum absolute atomic E-state index is 0.581. The van der Waals surface area contributed by atoms with Crippen LogP contribution in [0.3, 0.4) is 0 Å². The van der Waals surface area contributed by atoms with E-state index in [2.05, 4.69) is 16.6 Å². The number of unbranched alkanes of at least 4 members (excludes halogenated alkanes) is 1. The van der Waals surface area contributed by atoms with Crippen LogP contribution in [0.15, 0.2) is 17.4 Å². The lowest BCUT2D eigenvalue weighted by Gasteiger charge is -2.19. The highest BCUT2D eigenvalue weighted by atomic mass is 15.7. The zero-order valence-electron chi connectivity index (χ0n) is 6.20. The quantitative estimate of drug-likeness (QED) is 0.600. The van der Waals surface area contributed by atoms with E-state index in [1.165, 1.54) is 0 Å². The number of nitrogens with zero attached hydrogens (tertiary/aromatic N) is 3. The number of hydrazine groups is 1. The van der Waals surface area contributed by atoms with Crippen LogP contribution in [0.5, 0.6) is 0 Å². The Kier molecular flexibility index (Phi) is 3.00. The van der Waals surface area contributed by atoms with E-state index < -0.39 is 0 Å². The Hall–Kier alpha value is -1.50. The zero-order valence-corrected chi connectivity index (χ0v) is 6.20. The molecule has 0 fully saturated rings. The van der Waals surface area contributed by atoms with Gasteiger partial charge in [-0.05, 0) is 12.5 Å². The molecule has 1 aliphatic heterocycles. The molecule has 0 radical (unpaired) electrons. The van der Waals surface area contributed by atoms with Crippen molar-refractivity contribution in [3.05, 3.63) is 12.3 Å². The molecule has 0 aliphatic carbocycles. The number of hydrazone groups is 1. The third kappa shape index (κ3) is 2.72. The molecule has 0 bridgehead atoms. The highest BCUT2D eigenvalue weighted by Crippen LogP contribution is 1.93. The third-order valence-corrected chi connectivity index (χ3v) is 1.27. The molecule has 0 aromatic heterocycles. The molecule has 0 aromatic carbocycles. The molecular weight excluding hydrogens is 140 g/mol. The molecular formula is C7H10N4. The molecule has 0 aromatic rings. The van der Waals surface area contributed by atoms with E-state index in [9.17, 15) is 0 Å². The van der Waals surface area contributed by atoms with E-state index in [1.807, 2.05) is 6.08 Å². The molecule has 0 spiro atoms. The molecule has 4 nitrogen and oxygen atoms in total. The SMILES string of the molecule is N#CCCCN1N=CC=CN1. The van der Waals surface area contributed by atoms with Crippen LogP contribution in [-0.2, 0) is 0 Å². The largest absolute Gasteiger partial charge is 0.290 e. The normalized spacial score (nSPS) is 14.3. The van der Waals surface area contributed by atoms with Gasteiger partial charge in [0.1, 0.15) is 0 Å². The van der Waals surface area contributed by atoms with Gasteiger partial charge in [-0.1, -0.05) is 0 Å². The lowest BCUT2D eigenvalue weighted by Crippen LogP contribution is -2.31. The van der Waals surface area contributed by atoms with E-state index in [4.69, 9.17) is 5.26 Å². The molecule has 1 heterocycles. The van der Waals surface area contributed by atoms with Gasteiger partial charge in [0.25, 0.3) is 0 Å². The first-order valence-corrected chi connectivity index (χ1v) is 3.53. The van der Waals surface area contributed by atoms with Crippen molar-refractivity contribution < 1.29 is 0 Å². The molecule has 4 heteroatoms. The van der Waals surface area contributed by atoms with Crippen molar-refractivity contribution in [1.82, 2.24) is 10.5 Å². The maximum absolute atomic E-state index is 8.25. The summed E-state index contributed by atoms with van der Waals surface area (Å²) in [6.45, 7) is 0.772. The molecule has 0 saturated carbocycles. The van der Waals surface area contributed by atoms with E-state index in [0.717, 1.165) is 13.0 Å². The molecule has 0 saturated heterocycles. The van der Waals surface area contributed by atoms with Crippen molar-refractivity contribution >= 4 is 6.21 Å². The summed E-state index contributed by atoms with van der Waals surface area (Å²) >= 11 is 0. The van der Waals surface area contributed by atoms with Crippen molar-refractivity contribution in [3.63, 3.8) is 0 Å². The molecule has 1 rings (SSSR count). The Morgan fingerprint density at radius 3 is 3.18 bits per heavy atom. The van der Waals surface area contributed by atoms with Crippen molar-refractivity contribution in [3.8, 4) is 6.07 Å². The summed E-state index contributed by atoms with van der Waals surface area (Å²) in [5.74, 6) is 0. The predicted molar refractivity (Wildman–Crippen MR) is 42.3 cm³/mol. The van der Waals surface area contributed by atoms with Gasteiger partial charge < -0.3 is 0 Å². The van der Waals surface area contributed by atoms with Crippen LogP contribution < -0.4 is 5.43 Å². The maximum Gasteiger partial charge on any atom is 0.0622 e. The van der Waals surface area contributed by atoms with Gasteiger partial charge in [-0.3, -0.25) is 5.43 Å². The van der Waals surface area contributed by atoms with Crippen LogP contribution in [0.25, 0.3) is 0 Å². The van der Waals surface area contributed by atoms with Crippen LogP contribution in [0.2, 0.25) is 0 Å². The van der Waals surface area contributed by atoms with Crippen molar-refractivity contribution in [2.45, 2.75) is 12.8 Å². The molecule has 0 atom stereocenters. The van der Waals surface area contributed by atoms with E-state index in [1.54, 1.807) is 17.5 Å². The second-order valence-corrected chi connectivity index (χ2v) is 2.14. The lowest BCUT2D eigenvalue weighted by molar-refractivity contribution is 0.229. The van der Waals surface area contributed by atoms with Gasteiger partial charge >= 0.3 is 0 Å². The molecule has 58 valence electrons. The first kappa shape index (κ1) is 7.61. The van der Waals surface area contributed by atoms with Crippen molar-refractivity contribution in [2.75, 3.05) is 6.54 Å². The number of hydrogen-bond donors (Lipinski definition) is 1. The van der Waals surface area contributed by atoms with Crippen molar-refractivity contribution in [2.24, 2.45) is 5.10 Å². The number of rotatable bonds is 3. The minimum Gasteiger partial charge on any atom is -0.290 e. The third-order valence-electron chi connectivity index (χ3n) is 1.27. The summed E-state index contributed by atoms with van der Waals surface area (Å²) in [7, 11) is 0. The summed E-state index contributed by atoms with van der Waals surface area (Å²) < 4.78 is 0. The minimum atomic E-state index is 0.581. The van der Waals surface area contributed by atoms with E-state index >= 15 is 0 Å². The molecule has 0 amide bonds. The average Bonchev–Trinajstić information content (AvgIpc) is 2.07. The van der Waals surface area contributed by atoms with Gasteiger partial charge in [-0.15, -0.1) is 0 Å².